The molecule has 0 spiro atoms. The van der Waals surface area contributed by atoms with E-state index in [4.69, 9.17) is 22.1 Å². The molecule has 1 atom stereocenters. The molecule has 1 unspecified atom stereocenters. The van der Waals surface area contributed by atoms with Crippen molar-refractivity contribution < 1.29 is 23.9 Å². The number of ether oxygens (including phenoxy) is 1. The summed E-state index contributed by atoms with van der Waals surface area (Å²) in [6.07, 6.45) is -0.149. The van der Waals surface area contributed by atoms with Gasteiger partial charge < -0.3 is 10.5 Å². The van der Waals surface area contributed by atoms with Crippen molar-refractivity contribution in [3.8, 4) is 12.1 Å². The molecule has 2 amide bonds. The third-order valence-corrected chi connectivity index (χ3v) is 7.68. The van der Waals surface area contributed by atoms with Crippen LogP contribution in [0.15, 0.2) is 53.6 Å². The number of thioether (sulfide) groups is 1. The highest BCUT2D eigenvalue weighted by Crippen LogP contribution is 2.38. The van der Waals surface area contributed by atoms with Crippen LogP contribution in [0.4, 0.5) is 11.5 Å². The summed E-state index contributed by atoms with van der Waals surface area (Å²) in [6, 6.07) is 15.8. The van der Waals surface area contributed by atoms with E-state index in [9.17, 15) is 29.7 Å². The summed E-state index contributed by atoms with van der Waals surface area (Å²) in [5.41, 5.74) is 7.39. The van der Waals surface area contributed by atoms with E-state index in [0.29, 0.717) is 16.1 Å². The van der Waals surface area contributed by atoms with Crippen molar-refractivity contribution in [2.75, 3.05) is 17.2 Å². The van der Waals surface area contributed by atoms with Gasteiger partial charge in [0.15, 0.2) is 12.4 Å². The maximum Gasteiger partial charge on any atom is 0.338 e. The van der Waals surface area contributed by atoms with E-state index >= 15 is 0 Å². The molecule has 2 N–H and O–H groups in total. The van der Waals surface area contributed by atoms with Gasteiger partial charge in [0.05, 0.1) is 27.6 Å². The van der Waals surface area contributed by atoms with Gasteiger partial charge in [-0.3, -0.25) is 14.4 Å². The largest absolute Gasteiger partial charge is 0.454 e. The number of Topliss-reactive ketones (excluding diaryl/α,β-unsaturated/α-hetero) is 1. The number of nitrogen functional groups attached to an aromatic ring is 1. The fourth-order valence-corrected chi connectivity index (χ4v) is 5.52. The second-order valence-corrected chi connectivity index (χ2v) is 10.9. The van der Waals surface area contributed by atoms with Crippen LogP contribution >= 0.6 is 23.4 Å². The topological polar surface area (TPSA) is 167 Å². The van der Waals surface area contributed by atoms with Gasteiger partial charge in [-0.2, -0.15) is 10.5 Å². The number of nitrogens with two attached hydrogens (primary N) is 1. The predicted molar refractivity (Wildman–Crippen MR) is 151 cm³/mol. The number of carbonyl (C=O) groups excluding carboxylic acids is 4. The van der Waals surface area contributed by atoms with Crippen LogP contribution < -0.4 is 10.6 Å². The fourth-order valence-electron chi connectivity index (χ4n) is 4.27. The number of esters is 1. The molecule has 2 heterocycles. The molecule has 10 nitrogen and oxygen atoms in total. The molecule has 1 aliphatic heterocycles. The van der Waals surface area contributed by atoms with E-state index < -0.39 is 35.4 Å². The highest BCUT2D eigenvalue weighted by Gasteiger charge is 2.41. The predicted octanol–water partition coefficient (Wildman–Crippen LogP) is 4.65. The zero-order valence-corrected chi connectivity index (χ0v) is 23.5. The van der Waals surface area contributed by atoms with Crippen LogP contribution in [-0.2, 0) is 14.3 Å². The van der Waals surface area contributed by atoms with Crippen molar-refractivity contribution in [1.82, 2.24) is 4.98 Å². The number of carbonyl (C=O) groups is 4. The van der Waals surface area contributed by atoms with Gasteiger partial charge in [0.2, 0.25) is 11.8 Å². The number of halogens is 1. The third-order valence-electron chi connectivity index (χ3n) is 6.25. The Kier molecular flexibility index (Phi) is 8.72. The van der Waals surface area contributed by atoms with Gasteiger partial charge in [0.25, 0.3) is 0 Å². The Morgan fingerprint density at radius 2 is 1.68 bits per heavy atom. The van der Waals surface area contributed by atoms with Crippen LogP contribution in [0.2, 0.25) is 5.02 Å². The molecular formula is C29H22ClN5O5S. The van der Waals surface area contributed by atoms with Gasteiger partial charge in [-0.25, -0.2) is 14.7 Å². The van der Waals surface area contributed by atoms with Crippen molar-refractivity contribution in [3.63, 3.8) is 0 Å². The molecule has 1 fully saturated rings. The standard InChI is InChI=1S/C29H22ClN5O5S/c1-15(2)25-20(12-31)26(33)34-27(21(25)13-32)41-23-11-24(37)35(28(23)38)19-9-5-17(6-10-19)29(39)40-14-22(36)16-3-7-18(30)8-4-16/h3-10,15,23H,11,14H2,1-2H3,(H2,33,34). The number of nitrogens with zero attached hydrogens (tertiary/aromatic N) is 4. The first-order valence-corrected chi connectivity index (χ1v) is 13.5. The van der Waals surface area contributed by atoms with Crippen LogP contribution in [0.1, 0.15) is 63.6 Å². The van der Waals surface area contributed by atoms with Crippen LogP contribution in [0.25, 0.3) is 0 Å². The molecule has 1 aromatic heterocycles. The van der Waals surface area contributed by atoms with Gasteiger partial charge >= 0.3 is 5.97 Å². The number of hydrogen-bond acceptors (Lipinski definition) is 10. The van der Waals surface area contributed by atoms with Gasteiger partial charge in [0.1, 0.15) is 23.0 Å². The molecule has 0 saturated carbocycles. The van der Waals surface area contributed by atoms with Crippen LogP contribution in [-0.4, -0.2) is 40.4 Å². The second kappa shape index (κ2) is 12.2. The third kappa shape index (κ3) is 6.07. The van der Waals surface area contributed by atoms with Gasteiger partial charge in [0, 0.05) is 17.0 Å². The van der Waals surface area contributed by atoms with E-state index in [0.717, 1.165) is 16.7 Å². The molecule has 0 radical (unpaired) electrons. The Morgan fingerprint density at radius 1 is 1.07 bits per heavy atom. The Hall–Kier alpha value is -4.71. The van der Waals surface area contributed by atoms with Gasteiger partial charge in [-0.1, -0.05) is 37.2 Å². The van der Waals surface area contributed by atoms with Crippen molar-refractivity contribution >= 4 is 58.4 Å². The summed E-state index contributed by atoms with van der Waals surface area (Å²) in [7, 11) is 0. The molecule has 1 aliphatic rings. The molecule has 41 heavy (non-hydrogen) atoms. The van der Waals surface area contributed by atoms with E-state index in [2.05, 4.69) is 11.1 Å². The maximum absolute atomic E-state index is 13.3. The Morgan fingerprint density at radius 3 is 2.27 bits per heavy atom. The van der Waals surface area contributed by atoms with E-state index in [1.807, 2.05) is 19.9 Å². The number of nitriles is 2. The molecule has 2 aromatic carbocycles. The molecule has 3 aromatic rings. The Labute approximate surface area is 244 Å². The normalized spacial score (nSPS) is 14.6. The van der Waals surface area contributed by atoms with Gasteiger partial charge in [-0.15, -0.1) is 0 Å². The number of imide groups is 1. The minimum Gasteiger partial charge on any atom is -0.454 e. The number of pyridine rings is 1. The molecule has 1 saturated heterocycles. The highest BCUT2D eigenvalue weighted by molar-refractivity contribution is 8.00. The van der Waals surface area contributed by atoms with Crippen LogP contribution in [0.3, 0.4) is 0 Å². The molecule has 206 valence electrons. The number of aromatic nitrogens is 1. The number of benzene rings is 2. The van der Waals surface area contributed by atoms with Gasteiger partial charge in [-0.05, 0) is 60.0 Å². The first kappa shape index (κ1) is 29.3. The molecular weight excluding hydrogens is 566 g/mol. The second-order valence-electron chi connectivity index (χ2n) is 9.28. The van der Waals surface area contributed by atoms with Crippen molar-refractivity contribution in [2.45, 2.75) is 36.5 Å². The number of ketones is 1. The van der Waals surface area contributed by atoms with Crippen molar-refractivity contribution in [1.29, 1.82) is 10.5 Å². The molecule has 0 aliphatic carbocycles. The number of anilines is 2. The van der Waals surface area contributed by atoms with Crippen LogP contribution in [0.5, 0.6) is 0 Å². The lowest BCUT2D eigenvalue weighted by molar-refractivity contribution is -0.121. The summed E-state index contributed by atoms with van der Waals surface area (Å²) in [4.78, 5) is 56.0. The SMILES string of the molecule is CC(C)c1c(C#N)c(N)nc(SC2CC(=O)N(c3ccc(C(=O)OCC(=O)c4ccc(Cl)cc4)cc3)C2=O)c1C#N. The average molecular weight is 588 g/mol. The Bertz CT molecular complexity index is 1640. The van der Waals surface area contributed by atoms with Crippen molar-refractivity contribution in [3.05, 3.63) is 81.4 Å². The quantitative estimate of drug-likeness (QED) is 0.222. The first-order valence-electron chi connectivity index (χ1n) is 12.3. The summed E-state index contributed by atoms with van der Waals surface area (Å²) in [6.45, 7) is 3.16. The molecule has 12 heteroatoms. The summed E-state index contributed by atoms with van der Waals surface area (Å²) in [5, 5.41) is 19.1. The minimum atomic E-state index is -0.877. The van der Waals surface area contributed by atoms with E-state index in [1.54, 1.807) is 12.1 Å². The van der Waals surface area contributed by atoms with Crippen molar-refractivity contribution in [2.24, 2.45) is 0 Å². The lowest BCUT2D eigenvalue weighted by Gasteiger charge is -2.17. The summed E-state index contributed by atoms with van der Waals surface area (Å²) < 4.78 is 5.10. The lowest BCUT2D eigenvalue weighted by atomic mass is 9.94. The maximum atomic E-state index is 13.3. The number of rotatable bonds is 8. The lowest BCUT2D eigenvalue weighted by Crippen LogP contribution is -2.31. The van der Waals surface area contributed by atoms with E-state index in [1.165, 1.54) is 36.4 Å². The smallest absolute Gasteiger partial charge is 0.338 e. The molecule has 4 rings (SSSR count). The summed E-state index contributed by atoms with van der Waals surface area (Å²) >= 11 is 6.76. The number of amides is 2. The van der Waals surface area contributed by atoms with Crippen LogP contribution in [0, 0.1) is 22.7 Å². The number of hydrogen-bond donors (Lipinski definition) is 1. The molecule has 0 bridgehead atoms. The summed E-state index contributed by atoms with van der Waals surface area (Å²) in [5.74, 6) is -2.40. The first-order chi connectivity index (χ1) is 19.5. The monoisotopic (exact) mass is 587 g/mol. The Balaban J connectivity index is 1.47. The highest BCUT2D eigenvalue weighted by atomic mass is 35.5. The van der Waals surface area contributed by atoms with E-state index in [-0.39, 0.29) is 45.6 Å². The zero-order valence-electron chi connectivity index (χ0n) is 21.9. The minimum absolute atomic E-state index is 0.0522. The fraction of sp³-hybridized carbons (Fsp3) is 0.207. The average Bonchev–Trinajstić information content (AvgIpc) is 3.23. The zero-order chi connectivity index (χ0) is 29.8.